The molecule has 0 unspecified atom stereocenters. The Labute approximate surface area is 159 Å². The van der Waals surface area contributed by atoms with Crippen LogP contribution in [0.4, 0.5) is 16.4 Å². The number of halogens is 1. The molecule has 0 saturated carbocycles. The molecule has 0 aliphatic carbocycles. The third-order valence-corrected chi connectivity index (χ3v) is 4.53. The van der Waals surface area contributed by atoms with Crippen LogP contribution in [-0.2, 0) is 0 Å². The molecule has 128 valence electrons. The predicted molar refractivity (Wildman–Crippen MR) is 105 cm³/mol. The molecule has 0 saturated heterocycles. The summed E-state index contributed by atoms with van der Waals surface area (Å²) in [4.78, 5) is 4.37. The van der Waals surface area contributed by atoms with Gasteiger partial charge in [0.1, 0.15) is 6.07 Å². The van der Waals surface area contributed by atoms with Crippen LogP contribution in [0.15, 0.2) is 69.9 Å². The average molecular weight is 381 g/mol. The molecule has 26 heavy (non-hydrogen) atoms. The maximum atomic E-state index is 9.38. The Balaban J connectivity index is 1.79. The molecule has 1 aromatic heterocycles. The zero-order valence-electron chi connectivity index (χ0n) is 13.7. The molecule has 3 aromatic rings. The van der Waals surface area contributed by atoms with E-state index < -0.39 is 0 Å². The number of nitrogens with one attached hydrogen (secondary N) is 1. The maximum absolute atomic E-state index is 9.38. The second-order valence-electron chi connectivity index (χ2n) is 5.14. The van der Waals surface area contributed by atoms with Crippen molar-refractivity contribution in [3.05, 3.63) is 70.3 Å². The summed E-state index contributed by atoms with van der Waals surface area (Å²) in [5.41, 5.74) is 5.17. The summed E-state index contributed by atoms with van der Waals surface area (Å²) in [6.07, 6.45) is 0. The van der Waals surface area contributed by atoms with Crippen molar-refractivity contribution in [3.63, 3.8) is 0 Å². The minimum absolute atomic E-state index is 0.175. The van der Waals surface area contributed by atoms with Crippen molar-refractivity contribution >= 4 is 45.0 Å². The molecule has 1 heterocycles. The molecule has 0 radical (unpaired) electrons. The second kappa shape index (κ2) is 8.34. The van der Waals surface area contributed by atoms with Crippen molar-refractivity contribution < 1.29 is 0 Å². The number of azo groups is 1. The van der Waals surface area contributed by atoms with Crippen molar-refractivity contribution in [2.75, 3.05) is 5.43 Å². The third-order valence-electron chi connectivity index (χ3n) is 3.23. The summed E-state index contributed by atoms with van der Waals surface area (Å²) in [6, 6.07) is 18.5. The Hall–Kier alpha value is -3.08. The first kappa shape index (κ1) is 17.7. The lowest BCUT2D eigenvalue weighted by Gasteiger charge is -2.00. The fourth-order valence-electron chi connectivity index (χ4n) is 1.95. The highest BCUT2D eigenvalue weighted by Crippen LogP contribution is 2.29. The molecular formula is C18H13ClN6S. The van der Waals surface area contributed by atoms with E-state index in [-0.39, 0.29) is 5.71 Å². The van der Waals surface area contributed by atoms with Crippen LogP contribution in [0.5, 0.6) is 0 Å². The van der Waals surface area contributed by atoms with Crippen LogP contribution in [-0.4, -0.2) is 10.7 Å². The van der Waals surface area contributed by atoms with E-state index in [4.69, 9.17) is 11.6 Å². The number of thiazole rings is 1. The number of rotatable bonds is 5. The number of anilines is 1. The molecule has 0 bridgehead atoms. The molecule has 6 nitrogen and oxygen atoms in total. The van der Waals surface area contributed by atoms with Gasteiger partial charge in [-0.1, -0.05) is 41.1 Å². The third kappa shape index (κ3) is 4.51. The number of hydrazone groups is 1. The number of hydrogen-bond acceptors (Lipinski definition) is 7. The molecule has 0 aliphatic rings. The quantitative estimate of drug-likeness (QED) is 0.341. The van der Waals surface area contributed by atoms with Crippen LogP contribution >= 0.6 is 22.9 Å². The van der Waals surface area contributed by atoms with E-state index >= 15 is 0 Å². The monoisotopic (exact) mass is 380 g/mol. The van der Waals surface area contributed by atoms with Crippen molar-refractivity contribution in [1.82, 2.24) is 4.98 Å². The molecular weight excluding hydrogens is 368 g/mol. The van der Waals surface area contributed by atoms with Gasteiger partial charge in [-0.2, -0.15) is 10.4 Å². The summed E-state index contributed by atoms with van der Waals surface area (Å²) < 4.78 is 0. The van der Waals surface area contributed by atoms with Crippen molar-refractivity contribution in [2.24, 2.45) is 15.3 Å². The minimum atomic E-state index is 0.175. The molecule has 0 fully saturated rings. The predicted octanol–water partition coefficient (Wildman–Crippen LogP) is 5.86. The van der Waals surface area contributed by atoms with Crippen LogP contribution in [0.25, 0.3) is 0 Å². The summed E-state index contributed by atoms with van der Waals surface area (Å²) in [6.45, 7) is 1.82. The van der Waals surface area contributed by atoms with E-state index in [0.717, 1.165) is 11.4 Å². The smallest absolute Gasteiger partial charge is 0.196 e. The zero-order valence-corrected chi connectivity index (χ0v) is 15.3. The van der Waals surface area contributed by atoms with E-state index in [1.54, 1.807) is 24.3 Å². The van der Waals surface area contributed by atoms with Gasteiger partial charge in [0.05, 0.1) is 17.1 Å². The van der Waals surface area contributed by atoms with Crippen LogP contribution < -0.4 is 5.43 Å². The number of hydrogen-bond donors (Lipinski definition) is 1. The second-order valence-corrected chi connectivity index (χ2v) is 6.55. The number of benzene rings is 2. The van der Waals surface area contributed by atoms with Gasteiger partial charge in [0.25, 0.3) is 0 Å². The van der Waals surface area contributed by atoms with E-state index in [2.05, 4.69) is 31.8 Å². The normalized spacial score (nSPS) is 11.5. The van der Waals surface area contributed by atoms with Crippen LogP contribution in [0.3, 0.4) is 0 Å². The zero-order chi connectivity index (χ0) is 18.4. The van der Waals surface area contributed by atoms with Crippen molar-refractivity contribution in [2.45, 2.75) is 6.92 Å². The van der Waals surface area contributed by atoms with Gasteiger partial charge in [0.15, 0.2) is 15.7 Å². The SMILES string of the molecule is Cc1nc(C(C#N)=NNc2ccc(Cl)cc2)sc1N=Nc1ccccc1. The molecule has 3 rings (SSSR count). The highest BCUT2D eigenvalue weighted by Gasteiger charge is 2.13. The number of aromatic nitrogens is 1. The van der Waals surface area contributed by atoms with E-state index in [0.29, 0.717) is 20.7 Å². The highest BCUT2D eigenvalue weighted by atomic mass is 35.5. The van der Waals surface area contributed by atoms with Gasteiger partial charge in [0.2, 0.25) is 0 Å². The fourth-order valence-corrected chi connectivity index (χ4v) is 2.90. The van der Waals surface area contributed by atoms with Crippen molar-refractivity contribution in [3.8, 4) is 6.07 Å². The maximum Gasteiger partial charge on any atom is 0.196 e. The van der Waals surface area contributed by atoms with Crippen LogP contribution in [0.2, 0.25) is 5.02 Å². The lowest BCUT2D eigenvalue weighted by atomic mass is 10.3. The van der Waals surface area contributed by atoms with Gasteiger partial charge in [-0.05, 0) is 43.3 Å². The molecule has 0 spiro atoms. The highest BCUT2D eigenvalue weighted by molar-refractivity contribution is 7.17. The number of nitrogens with zero attached hydrogens (tertiary/aromatic N) is 5. The van der Waals surface area contributed by atoms with Gasteiger partial charge >= 0.3 is 0 Å². The molecule has 0 atom stereocenters. The van der Waals surface area contributed by atoms with Gasteiger partial charge in [-0.25, -0.2) is 4.98 Å². The Morgan fingerprint density at radius 2 is 1.85 bits per heavy atom. The van der Waals surface area contributed by atoms with E-state index in [1.165, 1.54) is 11.3 Å². The molecule has 2 aromatic carbocycles. The fraction of sp³-hybridized carbons (Fsp3) is 0.0556. The first-order valence-electron chi connectivity index (χ1n) is 7.59. The van der Waals surface area contributed by atoms with Gasteiger partial charge < -0.3 is 0 Å². The first-order valence-corrected chi connectivity index (χ1v) is 8.79. The van der Waals surface area contributed by atoms with Crippen LogP contribution in [0.1, 0.15) is 10.7 Å². The molecule has 0 amide bonds. The average Bonchev–Trinajstić information content (AvgIpc) is 3.03. The Morgan fingerprint density at radius 1 is 1.12 bits per heavy atom. The van der Waals surface area contributed by atoms with E-state index in [1.807, 2.05) is 37.3 Å². The number of aryl methyl sites for hydroxylation is 1. The lowest BCUT2D eigenvalue weighted by Crippen LogP contribution is -2.01. The Bertz CT molecular complexity index is 987. The largest absolute Gasteiger partial charge is 0.277 e. The van der Waals surface area contributed by atoms with E-state index in [9.17, 15) is 5.26 Å². The summed E-state index contributed by atoms with van der Waals surface area (Å²) >= 11 is 7.11. The van der Waals surface area contributed by atoms with Gasteiger partial charge in [0, 0.05) is 5.02 Å². The Morgan fingerprint density at radius 3 is 2.54 bits per heavy atom. The molecule has 0 aliphatic heterocycles. The van der Waals surface area contributed by atoms with Crippen LogP contribution in [0, 0.1) is 18.3 Å². The lowest BCUT2D eigenvalue weighted by molar-refractivity contribution is 1.18. The van der Waals surface area contributed by atoms with Crippen molar-refractivity contribution in [1.29, 1.82) is 5.26 Å². The first-order chi connectivity index (χ1) is 12.7. The molecule has 1 N–H and O–H groups in total. The topological polar surface area (TPSA) is 85.8 Å². The minimum Gasteiger partial charge on any atom is -0.277 e. The number of nitriles is 1. The summed E-state index contributed by atoms with van der Waals surface area (Å²) in [7, 11) is 0. The molecule has 8 heteroatoms. The van der Waals surface area contributed by atoms with Gasteiger partial charge in [-0.15, -0.1) is 10.2 Å². The van der Waals surface area contributed by atoms with Gasteiger partial charge in [-0.3, -0.25) is 5.43 Å². The summed E-state index contributed by atoms with van der Waals surface area (Å²) in [5.74, 6) is 0. The summed E-state index contributed by atoms with van der Waals surface area (Å²) in [5, 5.41) is 23.7. The Kier molecular flexibility index (Phi) is 5.69. The standard InChI is InChI=1S/C18H13ClN6S/c1-12-17(25-23-14-5-3-2-4-6-14)26-18(21-12)16(11-20)24-22-15-9-7-13(19)8-10-15/h2-10,22H,1H3.